The zero-order valence-corrected chi connectivity index (χ0v) is 14.4. The molecule has 1 aliphatic heterocycles. The third-order valence-corrected chi connectivity index (χ3v) is 4.66. The van der Waals surface area contributed by atoms with Crippen molar-refractivity contribution in [2.24, 2.45) is 0 Å². The first-order valence-corrected chi connectivity index (χ1v) is 8.55. The van der Waals surface area contributed by atoms with Crippen LogP contribution in [0, 0.1) is 0 Å². The zero-order valence-electron chi connectivity index (χ0n) is 14.4. The van der Waals surface area contributed by atoms with Crippen LogP contribution in [0.5, 0.6) is 5.75 Å². The van der Waals surface area contributed by atoms with Gasteiger partial charge < -0.3 is 25.3 Å². The number of hydrogen-bond acceptors (Lipinski definition) is 6. The van der Waals surface area contributed by atoms with E-state index in [4.69, 9.17) is 0 Å². The normalized spacial score (nSPS) is 15.4. The van der Waals surface area contributed by atoms with Gasteiger partial charge in [-0.1, -0.05) is 0 Å². The molecule has 0 radical (unpaired) electrons. The first-order chi connectivity index (χ1) is 12.1. The van der Waals surface area contributed by atoms with Crippen LogP contribution in [-0.4, -0.2) is 72.4 Å². The Hall–Kier alpha value is -2.38. The number of phenolic OH excluding ortho intramolecular Hbond substituents is 1. The third kappa shape index (κ3) is 4.00. The summed E-state index contributed by atoms with van der Waals surface area (Å²) < 4.78 is 0. The van der Waals surface area contributed by atoms with E-state index in [1.807, 2.05) is 11.9 Å². The average molecular weight is 344 g/mol. The topological polar surface area (TPSA) is 88.9 Å². The average Bonchev–Trinajstić information content (AvgIpc) is 2.62. The summed E-state index contributed by atoms with van der Waals surface area (Å²) >= 11 is 0. The van der Waals surface area contributed by atoms with Gasteiger partial charge in [0.1, 0.15) is 11.3 Å². The van der Waals surface area contributed by atoms with Crippen molar-refractivity contribution in [3.63, 3.8) is 0 Å². The Morgan fingerprint density at radius 3 is 2.84 bits per heavy atom. The molecule has 0 unspecified atom stereocenters. The van der Waals surface area contributed by atoms with Crippen molar-refractivity contribution >= 4 is 22.6 Å². The summed E-state index contributed by atoms with van der Waals surface area (Å²) in [5.41, 5.74) is 1.26. The van der Waals surface area contributed by atoms with Crippen molar-refractivity contribution in [3.05, 3.63) is 30.0 Å². The van der Waals surface area contributed by atoms with Gasteiger partial charge in [0, 0.05) is 63.1 Å². The fourth-order valence-electron chi connectivity index (χ4n) is 3.22. The number of aromatic carboxylic acids is 1. The fraction of sp³-hybridized carbons (Fsp3) is 0.444. The van der Waals surface area contributed by atoms with Crippen LogP contribution in [0.1, 0.15) is 16.8 Å². The van der Waals surface area contributed by atoms with Crippen LogP contribution in [0.3, 0.4) is 0 Å². The number of anilines is 1. The van der Waals surface area contributed by atoms with Gasteiger partial charge in [0.25, 0.3) is 0 Å². The largest absolute Gasteiger partial charge is 0.506 e. The molecule has 25 heavy (non-hydrogen) atoms. The van der Waals surface area contributed by atoms with Crippen LogP contribution in [0.4, 0.5) is 5.69 Å². The second-order valence-corrected chi connectivity index (χ2v) is 6.39. The molecule has 0 atom stereocenters. The molecule has 0 aliphatic carbocycles. The first kappa shape index (κ1) is 17.4. The molecule has 0 amide bonds. The number of phenols is 1. The first-order valence-electron chi connectivity index (χ1n) is 8.55. The Balaban J connectivity index is 1.73. The summed E-state index contributed by atoms with van der Waals surface area (Å²) in [6.45, 7) is 6.10. The molecular weight excluding hydrogens is 320 g/mol. The van der Waals surface area contributed by atoms with Crippen LogP contribution in [0.2, 0.25) is 0 Å². The lowest BCUT2D eigenvalue weighted by atomic mass is 10.1. The van der Waals surface area contributed by atoms with Crippen molar-refractivity contribution in [1.82, 2.24) is 15.2 Å². The molecule has 7 nitrogen and oxygen atoms in total. The van der Waals surface area contributed by atoms with Crippen molar-refractivity contribution in [2.45, 2.75) is 6.42 Å². The van der Waals surface area contributed by atoms with E-state index in [-0.39, 0.29) is 11.3 Å². The number of aromatic nitrogens is 1. The lowest BCUT2D eigenvalue weighted by molar-refractivity contribution is 0.0699. The maximum Gasteiger partial charge on any atom is 0.336 e. The molecule has 2 aromatic rings. The van der Waals surface area contributed by atoms with E-state index in [1.54, 1.807) is 12.1 Å². The number of benzene rings is 1. The third-order valence-electron chi connectivity index (χ3n) is 4.66. The number of carboxylic acid groups (broad SMARTS) is 1. The van der Waals surface area contributed by atoms with E-state index in [0.717, 1.165) is 51.4 Å². The number of hydrogen-bond donors (Lipinski definition) is 3. The van der Waals surface area contributed by atoms with Crippen LogP contribution < -0.4 is 10.2 Å². The monoisotopic (exact) mass is 344 g/mol. The van der Waals surface area contributed by atoms with E-state index >= 15 is 0 Å². The molecule has 1 fully saturated rings. The zero-order chi connectivity index (χ0) is 17.8. The van der Waals surface area contributed by atoms with E-state index in [2.05, 4.69) is 15.2 Å². The minimum absolute atomic E-state index is 0.00422. The second-order valence-electron chi connectivity index (χ2n) is 6.39. The molecule has 1 aliphatic rings. The molecule has 7 heteroatoms. The SMILES string of the molecule is CN(CCCN1CCNCC1)c1cc(O)c2nccc(C(=O)O)c2c1. The van der Waals surface area contributed by atoms with Crippen LogP contribution in [0.25, 0.3) is 10.9 Å². The number of piperazine rings is 1. The molecular formula is C18H24N4O3. The summed E-state index contributed by atoms with van der Waals surface area (Å²) in [5.74, 6) is -1.02. The lowest BCUT2D eigenvalue weighted by Gasteiger charge is -2.28. The van der Waals surface area contributed by atoms with E-state index < -0.39 is 5.97 Å². The Morgan fingerprint density at radius 1 is 1.36 bits per heavy atom. The number of fused-ring (bicyclic) bond motifs is 1. The van der Waals surface area contributed by atoms with Crippen LogP contribution in [-0.2, 0) is 0 Å². The minimum atomic E-state index is -1.02. The number of carboxylic acids is 1. The molecule has 3 rings (SSSR count). The highest BCUT2D eigenvalue weighted by Gasteiger charge is 2.15. The Kier molecular flexibility index (Phi) is 5.35. The molecule has 1 aromatic carbocycles. The van der Waals surface area contributed by atoms with Gasteiger partial charge in [0.05, 0.1) is 5.56 Å². The van der Waals surface area contributed by atoms with E-state index in [1.165, 1.54) is 12.3 Å². The maximum absolute atomic E-state index is 11.4. The summed E-state index contributed by atoms with van der Waals surface area (Å²) in [7, 11) is 1.95. The minimum Gasteiger partial charge on any atom is -0.506 e. The molecule has 0 saturated carbocycles. The predicted octanol–water partition coefficient (Wildman–Crippen LogP) is 1.37. The van der Waals surface area contributed by atoms with Gasteiger partial charge in [-0.3, -0.25) is 4.98 Å². The van der Waals surface area contributed by atoms with E-state index in [0.29, 0.717) is 10.9 Å². The molecule has 0 bridgehead atoms. The summed E-state index contributed by atoms with van der Waals surface area (Å²) in [6.07, 6.45) is 2.41. The molecule has 1 saturated heterocycles. The number of aromatic hydroxyl groups is 1. The highest BCUT2D eigenvalue weighted by atomic mass is 16.4. The number of nitrogens with zero attached hydrogens (tertiary/aromatic N) is 3. The van der Waals surface area contributed by atoms with Crippen molar-refractivity contribution in [3.8, 4) is 5.75 Å². The highest BCUT2D eigenvalue weighted by molar-refractivity contribution is 6.04. The lowest BCUT2D eigenvalue weighted by Crippen LogP contribution is -2.44. The number of nitrogens with one attached hydrogen (secondary N) is 1. The Morgan fingerprint density at radius 2 is 2.12 bits per heavy atom. The second kappa shape index (κ2) is 7.67. The Labute approximate surface area is 146 Å². The van der Waals surface area contributed by atoms with Crippen LogP contribution >= 0.6 is 0 Å². The van der Waals surface area contributed by atoms with E-state index in [9.17, 15) is 15.0 Å². The maximum atomic E-state index is 11.4. The quantitative estimate of drug-likeness (QED) is 0.729. The van der Waals surface area contributed by atoms with Crippen molar-refractivity contribution in [2.75, 3.05) is 51.2 Å². The molecule has 1 aromatic heterocycles. The molecule has 0 spiro atoms. The number of pyridine rings is 1. The summed E-state index contributed by atoms with van der Waals surface area (Å²) in [6, 6.07) is 4.89. The van der Waals surface area contributed by atoms with Gasteiger partial charge in [-0.15, -0.1) is 0 Å². The summed E-state index contributed by atoms with van der Waals surface area (Å²) in [5, 5.41) is 23.4. The standard InChI is InChI=1S/C18H24N4O3/c1-21(7-2-8-22-9-5-19-6-10-22)13-11-15-14(18(24)25)3-4-20-17(15)16(23)12-13/h3-4,11-12,19,23H,2,5-10H2,1H3,(H,24,25). The van der Waals surface area contributed by atoms with Crippen molar-refractivity contribution < 1.29 is 15.0 Å². The highest BCUT2D eigenvalue weighted by Crippen LogP contribution is 2.31. The molecule has 2 heterocycles. The van der Waals surface area contributed by atoms with Gasteiger partial charge in [0.15, 0.2) is 0 Å². The van der Waals surface area contributed by atoms with Gasteiger partial charge in [0.2, 0.25) is 0 Å². The van der Waals surface area contributed by atoms with Gasteiger partial charge in [-0.25, -0.2) is 4.79 Å². The summed E-state index contributed by atoms with van der Waals surface area (Å²) in [4.78, 5) is 20.0. The number of rotatable bonds is 6. The molecule has 134 valence electrons. The van der Waals surface area contributed by atoms with Crippen LogP contribution in [0.15, 0.2) is 24.4 Å². The number of carbonyl (C=O) groups is 1. The van der Waals surface area contributed by atoms with Gasteiger partial charge in [-0.05, 0) is 25.1 Å². The molecule has 3 N–H and O–H groups in total. The van der Waals surface area contributed by atoms with Gasteiger partial charge in [-0.2, -0.15) is 0 Å². The Bertz CT molecular complexity index is 759. The van der Waals surface area contributed by atoms with Gasteiger partial charge >= 0.3 is 5.97 Å². The smallest absolute Gasteiger partial charge is 0.336 e. The predicted molar refractivity (Wildman–Crippen MR) is 97.6 cm³/mol. The van der Waals surface area contributed by atoms with Crippen molar-refractivity contribution in [1.29, 1.82) is 0 Å². The fourth-order valence-corrected chi connectivity index (χ4v) is 3.22.